The van der Waals surface area contributed by atoms with Crippen molar-refractivity contribution in [1.29, 1.82) is 0 Å². The van der Waals surface area contributed by atoms with Gasteiger partial charge < -0.3 is 15.3 Å². The van der Waals surface area contributed by atoms with Crippen LogP contribution in [0.1, 0.15) is 90.4 Å². The van der Waals surface area contributed by atoms with Crippen LogP contribution >= 0.6 is 0 Å². The summed E-state index contributed by atoms with van der Waals surface area (Å²) >= 11 is 0. The van der Waals surface area contributed by atoms with Crippen LogP contribution in [-0.4, -0.2) is 57.3 Å². The topological polar surface area (TPSA) is 112 Å². The minimum Gasteiger partial charge on any atom is -0.477 e. The number of quaternary nitrogens is 1. The molecule has 0 amide bonds. The number of carboxylic acids is 3. The van der Waals surface area contributed by atoms with E-state index in [1.54, 1.807) is 6.08 Å². The Morgan fingerprint density at radius 1 is 0.621 bits per heavy atom. The van der Waals surface area contributed by atoms with E-state index >= 15 is 0 Å². The van der Waals surface area contributed by atoms with E-state index in [0.29, 0.717) is 6.42 Å². The number of nitrogens with zero attached hydrogens (tertiary/aromatic N) is 1. The van der Waals surface area contributed by atoms with Crippen molar-refractivity contribution in [3.63, 3.8) is 0 Å². The summed E-state index contributed by atoms with van der Waals surface area (Å²) < 4.78 is -0.613. The largest absolute Gasteiger partial charge is 0.477 e. The number of carbonyl (C=O) groups is 3. The molecular formula is C22H40NO6+. The summed E-state index contributed by atoms with van der Waals surface area (Å²) in [5.74, 6) is -3.66. The number of unbranched alkanes of at least 4 members (excludes halogenated alkanes) is 12. The first-order chi connectivity index (χ1) is 13.8. The summed E-state index contributed by atoms with van der Waals surface area (Å²) in [6, 6.07) is 0. The zero-order valence-corrected chi connectivity index (χ0v) is 18.0. The maximum atomic E-state index is 11.1. The molecule has 0 aromatic heterocycles. The van der Waals surface area contributed by atoms with Crippen LogP contribution in [0.5, 0.6) is 0 Å². The Balaban J connectivity index is 4.08. The van der Waals surface area contributed by atoms with Crippen LogP contribution in [0.25, 0.3) is 0 Å². The van der Waals surface area contributed by atoms with E-state index in [-0.39, 0.29) is 0 Å². The number of aliphatic carboxylic acids is 3. The van der Waals surface area contributed by atoms with Gasteiger partial charge >= 0.3 is 17.9 Å². The summed E-state index contributed by atoms with van der Waals surface area (Å²) in [5, 5.41) is 27.2. The normalized spacial score (nSPS) is 11.8. The molecule has 0 fully saturated rings. The van der Waals surface area contributed by atoms with Crippen LogP contribution in [-0.2, 0) is 14.4 Å². The van der Waals surface area contributed by atoms with Crippen molar-refractivity contribution in [1.82, 2.24) is 0 Å². The van der Waals surface area contributed by atoms with Gasteiger partial charge in [-0.05, 0) is 18.9 Å². The second-order valence-corrected chi connectivity index (χ2v) is 7.94. The molecule has 0 aliphatic rings. The summed E-state index contributed by atoms with van der Waals surface area (Å²) in [4.78, 5) is 33.3. The molecule has 0 spiro atoms. The van der Waals surface area contributed by atoms with Gasteiger partial charge in [-0.25, -0.2) is 14.4 Å². The lowest BCUT2D eigenvalue weighted by Gasteiger charge is -2.29. The molecule has 0 aromatic rings. The maximum Gasteiger partial charge on any atom is 0.359 e. The Kier molecular flexibility index (Phi) is 15.9. The quantitative estimate of drug-likeness (QED) is 0.197. The zero-order valence-electron chi connectivity index (χ0n) is 18.0. The van der Waals surface area contributed by atoms with Crippen molar-refractivity contribution in [2.45, 2.75) is 90.4 Å². The van der Waals surface area contributed by atoms with Gasteiger partial charge in [-0.1, -0.05) is 77.6 Å². The fourth-order valence-electron chi connectivity index (χ4n) is 3.54. The minimum absolute atomic E-state index is 0.562. The smallest absolute Gasteiger partial charge is 0.359 e. The highest BCUT2D eigenvalue weighted by Gasteiger charge is 2.34. The van der Waals surface area contributed by atoms with E-state index < -0.39 is 42.0 Å². The Hall–Kier alpha value is -1.89. The first-order valence-electron chi connectivity index (χ1n) is 11.0. The molecule has 0 aliphatic heterocycles. The third kappa shape index (κ3) is 16.7. The fraction of sp³-hybridized carbons (Fsp3) is 0.773. The van der Waals surface area contributed by atoms with Gasteiger partial charge in [0, 0.05) is 0 Å². The molecule has 0 saturated heterocycles. The number of rotatable bonds is 20. The van der Waals surface area contributed by atoms with Crippen molar-refractivity contribution in [3.8, 4) is 0 Å². The Morgan fingerprint density at radius 2 is 0.966 bits per heavy atom. The number of allylic oxidation sites excluding steroid dienone is 1. The van der Waals surface area contributed by atoms with Gasteiger partial charge in [0.2, 0.25) is 0 Å². The highest BCUT2D eigenvalue weighted by molar-refractivity contribution is 5.73. The molecule has 0 heterocycles. The van der Waals surface area contributed by atoms with Crippen LogP contribution < -0.4 is 0 Å². The van der Waals surface area contributed by atoms with E-state index in [2.05, 4.69) is 6.92 Å². The highest BCUT2D eigenvalue weighted by Crippen LogP contribution is 2.14. The maximum absolute atomic E-state index is 11.1. The van der Waals surface area contributed by atoms with Crippen molar-refractivity contribution < 1.29 is 34.2 Å². The van der Waals surface area contributed by atoms with Gasteiger partial charge in [0.25, 0.3) is 0 Å². The van der Waals surface area contributed by atoms with Gasteiger partial charge in [0.1, 0.15) is 0 Å². The predicted molar refractivity (Wildman–Crippen MR) is 113 cm³/mol. The van der Waals surface area contributed by atoms with Gasteiger partial charge in [0.15, 0.2) is 19.6 Å². The molecule has 0 atom stereocenters. The Bertz CT molecular complexity index is 463. The molecule has 3 N–H and O–H groups in total. The standard InChI is InChI=1S/C22H39NO6/c1-2-3-4-5-6-7-8-9-10-11-12-13-14-15-16-23(17-20(24)25,18-21(26)27)19-22(28)29/h15-16H,2-14,17-19H2,1H3,(H2-,24,25,26,27,28,29)/p+1/b16-15+. The van der Waals surface area contributed by atoms with Crippen molar-refractivity contribution in [2.24, 2.45) is 0 Å². The molecule has 168 valence electrons. The fourth-order valence-corrected chi connectivity index (χ4v) is 3.54. The monoisotopic (exact) mass is 414 g/mol. The molecule has 0 saturated carbocycles. The lowest BCUT2D eigenvalue weighted by molar-refractivity contribution is -0.857. The van der Waals surface area contributed by atoms with E-state index in [1.807, 2.05) is 0 Å². The third-order valence-electron chi connectivity index (χ3n) is 5.00. The molecule has 0 rings (SSSR count). The van der Waals surface area contributed by atoms with Crippen LogP contribution in [0.4, 0.5) is 0 Å². The van der Waals surface area contributed by atoms with Gasteiger partial charge in [-0.3, -0.25) is 4.48 Å². The van der Waals surface area contributed by atoms with E-state index in [4.69, 9.17) is 15.3 Å². The highest BCUT2D eigenvalue weighted by atomic mass is 16.4. The second-order valence-electron chi connectivity index (χ2n) is 7.94. The van der Waals surface area contributed by atoms with E-state index in [1.165, 1.54) is 64.0 Å². The van der Waals surface area contributed by atoms with Crippen molar-refractivity contribution in [3.05, 3.63) is 12.3 Å². The number of carboxylic acid groups (broad SMARTS) is 3. The molecular weight excluding hydrogens is 374 g/mol. The number of hydrogen-bond acceptors (Lipinski definition) is 3. The summed E-state index contributed by atoms with van der Waals surface area (Å²) in [7, 11) is 0. The third-order valence-corrected chi connectivity index (χ3v) is 5.00. The average Bonchev–Trinajstić information content (AvgIpc) is 2.60. The first kappa shape index (κ1) is 27.1. The molecule has 29 heavy (non-hydrogen) atoms. The van der Waals surface area contributed by atoms with Gasteiger partial charge in [-0.15, -0.1) is 0 Å². The lowest BCUT2D eigenvalue weighted by Crippen LogP contribution is -2.52. The Labute approximate surface area is 175 Å². The van der Waals surface area contributed by atoms with Gasteiger partial charge in [0.05, 0.1) is 6.20 Å². The molecule has 7 heteroatoms. The molecule has 0 bridgehead atoms. The minimum atomic E-state index is -1.22. The molecule has 0 radical (unpaired) electrons. The number of hydrogen-bond donors (Lipinski definition) is 3. The Morgan fingerprint density at radius 3 is 1.31 bits per heavy atom. The molecule has 7 nitrogen and oxygen atoms in total. The van der Waals surface area contributed by atoms with Crippen molar-refractivity contribution >= 4 is 17.9 Å². The van der Waals surface area contributed by atoms with E-state index in [9.17, 15) is 14.4 Å². The second kappa shape index (κ2) is 17.0. The van der Waals surface area contributed by atoms with E-state index in [0.717, 1.165) is 19.3 Å². The SMILES string of the molecule is CCCCCCCCCCCCCC/C=C/[N+](CC(=O)O)(CC(=O)O)CC(=O)O. The van der Waals surface area contributed by atoms with Crippen LogP contribution in [0.2, 0.25) is 0 Å². The average molecular weight is 415 g/mol. The summed E-state index contributed by atoms with van der Waals surface area (Å²) in [6.07, 6.45) is 18.8. The summed E-state index contributed by atoms with van der Waals surface area (Å²) in [6.45, 7) is 0.544. The lowest BCUT2D eigenvalue weighted by atomic mass is 10.0. The molecule has 0 unspecified atom stereocenters. The molecule has 0 aliphatic carbocycles. The summed E-state index contributed by atoms with van der Waals surface area (Å²) in [5.41, 5.74) is 0. The van der Waals surface area contributed by atoms with Crippen molar-refractivity contribution in [2.75, 3.05) is 19.6 Å². The van der Waals surface area contributed by atoms with Crippen LogP contribution in [0.3, 0.4) is 0 Å². The van der Waals surface area contributed by atoms with Gasteiger partial charge in [-0.2, -0.15) is 0 Å². The first-order valence-corrected chi connectivity index (χ1v) is 11.0. The predicted octanol–water partition coefficient (Wildman–Crippen LogP) is 4.66. The zero-order chi connectivity index (χ0) is 22.0. The molecule has 0 aromatic carbocycles. The van der Waals surface area contributed by atoms with Crippen LogP contribution in [0.15, 0.2) is 12.3 Å². The van der Waals surface area contributed by atoms with Crippen LogP contribution in [0, 0.1) is 0 Å².